The van der Waals surface area contributed by atoms with E-state index in [0.717, 1.165) is 13.1 Å². The quantitative estimate of drug-likeness (QED) is 0.196. The van der Waals surface area contributed by atoms with Crippen LogP contribution in [-0.2, 0) is 4.79 Å². The molecule has 1 aliphatic rings. The fraction of sp³-hybridized carbons (Fsp3) is 0.258. The van der Waals surface area contributed by atoms with Gasteiger partial charge >= 0.3 is 0 Å². The summed E-state index contributed by atoms with van der Waals surface area (Å²) in [5.41, 5.74) is 8.72. The number of benzene rings is 3. The second-order valence-electron chi connectivity index (χ2n) is 9.50. The molecule has 6 nitrogen and oxygen atoms in total. The molecule has 1 aliphatic heterocycles. The average molecular weight is 532 g/mol. The first-order valence-electron chi connectivity index (χ1n) is 12.8. The highest BCUT2D eigenvalue weighted by molar-refractivity contribution is 6.30. The Morgan fingerprint density at radius 1 is 0.947 bits per heavy atom. The van der Waals surface area contributed by atoms with E-state index in [1.54, 1.807) is 24.3 Å². The molecule has 2 unspecified atom stereocenters. The van der Waals surface area contributed by atoms with E-state index in [1.807, 2.05) is 25.1 Å². The molecule has 1 heterocycles. The third kappa shape index (κ3) is 6.34. The van der Waals surface area contributed by atoms with Gasteiger partial charge in [0, 0.05) is 31.2 Å². The number of phenolic OH excluding ortho intramolecular Hbond substituents is 2. The Balaban J connectivity index is 1.44. The smallest absolute Gasteiger partial charge is 0.190 e. The van der Waals surface area contributed by atoms with E-state index in [4.69, 9.17) is 17.3 Å². The number of phenols is 2. The molecule has 198 valence electrons. The van der Waals surface area contributed by atoms with E-state index in [-0.39, 0.29) is 23.3 Å². The molecule has 38 heavy (non-hydrogen) atoms. The molecule has 4 N–H and O–H groups in total. The Kier molecular flexibility index (Phi) is 9.02. The van der Waals surface area contributed by atoms with Crippen molar-refractivity contribution in [3.63, 3.8) is 0 Å². The molecular weight excluding hydrogens is 498 g/mol. The van der Waals surface area contributed by atoms with E-state index in [9.17, 15) is 15.0 Å². The zero-order valence-electron chi connectivity index (χ0n) is 21.5. The summed E-state index contributed by atoms with van der Waals surface area (Å²) in [6.45, 7) is 4.81. The molecule has 0 radical (unpaired) electrons. The maximum Gasteiger partial charge on any atom is 0.190 e. The van der Waals surface area contributed by atoms with Gasteiger partial charge in [-0.2, -0.15) is 0 Å². The number of halogens is 1. The summed E-state index contributed by atoms with van der Waals surface area (Å²) in [5, 5.41) is 19.8. The van der Waals surface area contributed by atoms with Gasteiger partial charge in [0.2, 0.25) is 0 Å². The van der Waals surface area contributed by atoms with Gasteiger partial charge in [-0.15, -0.1) is 0 Å². The van der Waals surface area contributed by atoms with Crippen molar-refractivity contribution in [2.75, 3.05) is 26.2 Å². The summed E-state index contributed by atoms with van der Waals surface area (Å²) >= 11 is 6.16. The van der Waals surface area contributed by atoms with Crippen molar-refractivity contribution in [3.8, 4) is 11.5 Å². The first-order chi connectivity index (χ1) is 18.3. The van der Waals surface area contributed by atoms with Crippen molar-refractivity contribution in [1.29, 1.82) is 0 Å². The lowest BCUT2D eigenvalue weighted by Crippen LogP contribution is -2.65. The first kappa shape index (κ1) is 27.6. The van der Waals surface area contributed by atoms with Crippen LogP contribution in [0.2, 0.25) is 5.02 Å². The Bertz CT molecular complexity index is 1290. The summed E-state index contributed by atoms with van der Waals surface area (Å²) in [4.78, 5) is 17.7. The van der Waals surface area contributed by atoms with Crippen LogP contribution >= 0.6 is 11.6 Å². The molecule has 0 aromatic heterocycles. The maximum atomic E-state index is 13.2. The highest BCUT2D eigenvalue weighted by atomic mass is 35.5. The molecule has 3 aromatic rings. The van der Waals surface area contributed by atoms with Crippen molar-refractivity contribution < 1.29 is 15.0 Å². The number of ketones is 1. The van der Waals surface area contributed by atoms with Crippen LogP contribution in [0.3, 0.4) is 0 Å². The minimum atomic E-state index is -1.09. The number of hydrogen-bond donors (Lipinski definition) is 3. The summed E-state index contributed by atoms with van der Waals surface area (Å²) < 4.78 is 0. The molecule has 0 spiro atoms. The Morgan fingerprint density at radius 2 is 1.61 bits per heavy atom. The van der Waals surface area contributed by atoms with Gasteiger partial charge < -0.3 is 15.9 Å². The van der Waals surface area contributed by atoms with Crippen LogP contribution in [0.4, 0.5) is 0 Å². The van der Waals surface area contributed by atoms with Gasteiger partial charge in [0.1, 0.15) is 5.66 Å². The number of piperazine rings is 1. The van der Waals surface area contributed by atoms with Crippen molar-refractivity contribution >= 4 is 23.5 Å². The second-order valence-corrected chi connectivity index (χ2v) is 9.93. The van der Waals surface area contributed by atoms with Crippen LogP contribution in [0.25, 0.3) is 6.08 Å². The van der Waals surface area contributed by atoms with Crippen molar-refractivity contribution in [1.82, 2.24) is 9.80 Å². The highest BCUT2D eigenvalue weighted by Gasteiger charge is 2.39. The minimum absolute atomic E-state index is 0.0875. The number of allylic oxidation sites excluding steroid dienone is 2. The van der Waals surface area contributed by atoms with Gasteiger partial charge in [-0.3, -0.25) is 14.6 Å². The van der Waals surface area contributed by atoms with Crippen LogP contribution in [0, 0.1) is 0 Å². The fourth-order valence-corrected chi connectivity index (χ4v) is 5.05. The monoisotopic (exact) mass is 531 g/mol. The fourth-order valence-electron chi connectivity index (χ4n) is 4.93. The third-order valence-electron chi connectivity index (χ3n) is 7.16. The molecule has 0 aliphatic carbocycles. The molecule has 2 atom stereocenters. The molecule has 3 aromatic carbocycles. The summed E-state index contributed by atoms with van der Waals surface area (Å²) in [7, 11) is 0. The van der Waals surface area contributed by atoms with E-state index < -0.39 is 5.66 Å². The third-order valence-corrected chi connectivity index (χ3v) is 7.41. The number of aromatic hydroxyl groups is 2. The topological polar surface area (TPSA) is 90.0 Å². The molecule has 0 saturated carbocycles. The Labute approximate surface area is 229 Å². The van der Waals surface area contributed by atoms with Gasteiger partial charge in [-0.05, 0) is 53.5 Å². The van der Waals surface area contributed by atoms with Crippen LogP contribution in [0.15, 0.2) is 91.0 Å². The van der Waals surface area contributed by atoms with E-state index in [1.165, 1.54) is 29.3 Å². The largest absolute Gasteiger partial charge is 0.504 e. The van der Waals surface area contributed by atoms with E-state index in [0.29, 0.717) is 30.1 Å². The molecule has 1 fully saturated rings. The summed E-state index contributed by atoms with van der Waals surface area (Å²) in [5.74, 6) is -0.514. The Morgan fingerprint density at radius 3 is 2.24 bits per heavy atom. The van der Waals surface area contributed by atoms with Gasteiger partial charge in [0.25, 0.3) is 0 Å². The normalized spacial score (nSPS) is 17.6. The summed E-state index contributed by atoms with van der Waals surface area (Å²) in [6.07, 6.45) is 7.12. The number of nitrogens with two attached hydrogens (primary N) is 1. The maximum absolute atomic E-state index is 13.2. The highest BCUT2D eigenvalue weighted by Crippen LogP contribution is 2.31. The number of hydrogen-bond acceptors (Lipinski definition) is 6. The standard InChI is InChI=1S/C31H34ClN3O3/c1-2-31(33,29(38)11-7-6-8-23-12-17-27(36)28(37)22-23)35-20-18-34(19-21-35)30(24-9-4-3-5-10-24)25-13-15-26(32)16-14-25/h3-17,22,30,36-37H,2,18-21,33H2,1H3/b8-6+,11-7+. The molecule has 7 heteroatoms. The van der Waals surface area contributed by atoms with Gasteiger partial charge in [-0.1, -0.05) is 85.3 Å². The van der Waals surface area contributed by atoms with Crippen LogP contribution < -0.4 is 5.73 Å². The van der Waals surface area contributed by atoms with Gasteiger partial charge in [-0.25, -0.2) is 0 Å². The minimum Gasteiger partial charge on any atom is -0.504 e. The predicted molar refractivity (Wildman–Crippen MR) is 153 cm³/mol. The molecule has 1 saturated heterocycles. The number of carbonyl (C=O) groups excluding carboxylic acids is 1. The second kappa shape index (κ2) is 12.4. The van der Waals surface area contributed by atoms with Gasteiger partial charge in [0.15, 0.2) is 17.3 Å². The van der Waals surface area contributed by atoms with E-state index in [2.05, 4.69) is 46.2 Å². The van der Waals surface area contributed by atoms with Crippen LogP contribution in [-0.4, -0.2) is 57.6 Å². The molecule has 4 rings (SSSR count). The van der Waals surface area contributed by atoms with Crippen LogP contribution in [0.5, 0.6) is 11.5 Å². The predicted octanol–water partition coefficient (Wildman–Crippen LogP) is 5.36. The SMILES string of the molecule is CCC(N)(C(=O)/C=C/C=C/c1ccc(O)c(O)c1)N1CCN(C(c2ccccc2)c2ccc(Cl)cc2)CC1. The van der Waals surface area contributed by atoms with E-state index >= 15 is 0 Å². The molecule has 0 amide bonds. The number of nitrogens with zero attached hydrogens (tertiary/aromatic N) is 2. The summed E-state index contributed by atoms with van der Waals surface area (Å²) in [6, 6.07) is 23.1. The van der Waals surface area contributed by atoms with Crippen molar-refractivity contribution in [2.24, 2.45) is 5.73 Å². The first-order valence-corrected chi connectivity index (χ1v) is 13.2. The average Bonchev–Trinajstić information content (AvgIpc) is 2.94. The Hall–Kier alpha value is -3.42. The lowest BCUT2D eigenvalue weighted by atomic mass is 9.95. The van der Waals surface area contributed by atoms with Crippen molar-refractivity contribution in [2.45, 2.75) is 25.0 Å². The number of carbonyl (C=O) groups is 1. The van der Waals surface area contributed by atoms with Gasteiger partial charge in [0.05, 0.1) is 6.04 Å². The molecule has 0 bridgehead atoms. The zero-order chi connectivity index (χ0) is 27.1. The van der Waals surface area contributed by atoms with Crippen LogP contribution in [0.1, 0.15) is 36.1 Å². The number of rotatable bonds is 9. The molecular formula is C31H34ClN3O3. The zero-order valence-corrected chi connectivity index (χ0v) is 22.3. The lowest BCUT2D eigenvalue weighted by Gasteiger charge is -2.46. The van der Waals surface area contributed by atoms with Crippen molar-refractivity contribution in [3.05, 3.63) is 113 Å². The lowest BCUT2D eigenvalue weighted by molar-refractivity contribution is -0.128.